The van der Waals surface area contributed by atoms with Crippen LogP contribution in [0.15, 0.2) is 18.2 Å². The lowest BCUT2D eigenvalue weighted by atomic mass is 10.2. The van der Waals surface area contributed by atoms with Gasteiger partial charge >= 0.3 is 0 Å². The minimum absolute atomic E-state index is 0.146. The predicted octanol–water partition coefficient (Wildman–Crippen LogP) is 1.94. The van der Waals surface area contributed by atoms with Crippen LogP contribution in [-0.2, 0) is 6.54 Å². The molecule has 0 heterocycles. The topological polar surface area (TPSA) is 44.5 Å². The van der Waals surface area contributed by atoms with E-state index in [0.717, 1.165) is 17.1 Å². The highest BCUT2D eigenvalue weighted by atomic mass is 16.5. The molecule has 0 bridgehead atoms. The fourth-order valence-corrected chi connectivity index (χ4v) is 1.30. The number of hydrogen-bond donors (Lipinski definition) is 1. The third-order valence-corrected chi connectivity index (χ3v) is 1.88. The summed E-state index contributed by atoms with van der Waals surface area (Å²) < 4.78 is 10.8. The van der Waals surface area contributed by atoms with Gasteiger partial charge in [-0.3, -0.25) is 0 Å². The molecule has 0 radical (unpaired) electrons. The Bertz CT molecular complexity index is 297. The van der Waals surface area contributed by atoms with Crippen LogP contribution in [0.3, 0.4) is 0 Å². The summed E-state index contributed by atoms with van der Waals surface area (Å²) in [5, 5.41) is 0. The van der Waals surface area contributed by atoms with Crippen molar-refractivity contribution < 1.29 is 9.47 Å². The molecular weight excluding hydrogens is 178 g/mol. The molecule has 0 unspecified atom stereocenters. The Morgan fingerprint density at radius 3 is 2.43 bits per heavy atom. The molecule has 0 saturated carbocycles. The largest absolute Gasteiger partial charge is 0.496 e. The highest BCUT2D eigenvalue weighted by Crippen LogP contribution is 2.28. The standard InChI is InChI=1S/C11H17NO2/c1-8(2)14-11-6-4-5-10(13-3)9(11)7-12/h4-6,8H,7,12H2,1-3H3. The molecule has 1 aromatic carbocycles. The van der Waals surface area contributed by atoms with Crippen LogP contribution in [0.5, 0.6) is 11.5 Å². The van der Waals surface area contributed by atoms with E-state index in [4.69, 9.17) is 15.2 Å². The highest BCUT2D eigenvalue weighted by molar-refractivity contribution is 5.44. The smallest absolute Gasteiger partial charge is 0.127 e. The fourth-order valence-electron chi connectivity index (χ4n) is 1.30. The van der Waals surface area contributed by atoms with Gasteiger partial charge in [0, 0.05) is 12.1 Å². The molecule has 14 heavy (non-hydrogen) atoms. The Morgan fingerprint density at radius 2 is 1.93 bits per heavy atom. The van der Waals surface area contributed by atoms with Gasteiger partial charge in [-0.2, -0.15) is 0 Å². The molecule has 0 amide bonds. The zero-order chi connectivity index (χ0) is 10.6. The van der Waals surface area contributed by atoms with E-state index >= 15 is 0 Å². The zero-order valence-electron chi connectivity index (χ0n) is 8.91. The van der Waals surface area contributed by atoms with Gasteiger partial charge < -0.3 is 15.2 Å². The van der Waals surface area contributed by atoms with Gasteiger partial charge in [-0.15, -0.1) is 0 Å². The first-order valence-electron chi connectivity index (χ1n) is 4.71. The van der Waals surface area contributed by atoms with Crippen molar-refractivity contribution in [1.82, 2.24) is 0 Å². The molecule has 2 N–H and O–H groups in total. The van der Waals surface area contributed by atoms with E-state index in [1.165, 1.54) is 0 Å². The van der Waals surface area contributed by atoms with Gasteiger partial charge in [-0.05, 0) is 26.0 Å². The fraction of sp³-hybridized carbons (Fsp3) is 0.455. The number of methoxy groups -OCH3 is 1. The number of hydrogen-bond acceptors (Lipinski definition) is 3. The molecule has 1 rings (SSSR count). The van der Waals surface area contributed by atoms with Crippen molar-refractivity contribution in [1.29, 1.82) is 0 Å². The number of nitrogens with two attached hydrogens (primary N) is 1. The second kappa shape index (κ2) is 4.86. The average molecular weight is 195 g/mol. The summed E-state index contributed by atoms with van der Waals surface area (Å²) in [7, 11) is 1.63. The van der Waals surface area contributed by atoms with Crippen LogP contribution in [0, 0.1) is 0 Å². The van der Waals surface area contributed by atoms with E-state index in [1.54, 1.807) is 7.11 Å². The molecule has 0 atom stereocenters. The Labute approximate surface area is 84.8 Å². The van der Waals surface area contributed by atoms with Crippen molar-refractivity contribution in [2.45, 2.75) is 26.5 Å². The zero-order valence-corrected chi connectivity index (χ0v) is 8.91. The van der Waals surface area contributed by atoms with E-state index in [1.807, 2.05) is 32.0 Å². The Morgan fingerprint density at radius 1 is 1.29 bits per heavy atom. The minimum Gasteiger partial charge on any atom is -0.496 e. The van der Waals surface area contributed by atoms with Crippen LogP contribution in [0.2, 0.25) is 0 Å². The molecule has 0 aliphatic carbocycles. The summed E-state index contributed by atoms with van der Waals surface area (Å²) in [6.07, 6.45) is 0.146. The summed E-state index contributed by atoms with van der Waals surface area (Å²) in [5.41, 5.74) is 6.56. The summed E-state index contributed by atoms with van der Waals surface area (Å²) in [4.78, 5) is 0. The second-order valence-corrected chi connectivity index (χ2v) is 3.31. The van der Waals surface area contributed by atoms with Gasteiger partial charge in [0.25, 0.3) is 0 Å². The lowest BCUT2D eigenvalue weighted by molar-refractivity contribution is 0.238. The van der Waals surface area contributed by atoms with Crippen LogP contribution in [0.25, 0.3) is 0 Å². The summed E-state index contributed by atoms with van der Waals surface area (Å²) >= 11 is 0. The van der Waals surface area contributed by atoms with Gasteiger partial charge in [0.05, 0.1) is 13.2 Å². The highest BCUT2D eigenvalue weighted by Gasteiger charge is 2.09. The lowest BCUT2D eigenvalue weighted by Gasteiger charge is -2.15. The maximum atomic E-state index is 5.64. The second-order valence-electron chi connectivity index (χ2n) is 3.31. The molecule has 0 spiro atoms. The van der Waals surface area contributed by atoms with Gasteiger partial charge in [0.1, 0.15) is 11.5 Å². The van der Waals surface area contributed by atoms with Crippen LogP contribution >= 0.6 is 0 Å². The van der Waals surface area contributed by atoms with E-state index < -0.39 is 0 Å². The molecule has 3 heteroatoms. The normalized spacial score (nSPS) is 10.4. The number of benzene rings is 1. The molecule has 78 valence electrons. The van der Waals surface area contributed by atoms with Crippen LogP contribution in [0.4, 0.5) is 0 Å². The molecule has 3 nitrogen and oxygen atoms in total. The van der Waals surface area contributed by atoms with Gasteiger partial charge in [0.2, 0.25) is 0 Å². The summed E-state index contributed by atoms with van der Waals surface area (Å²) in [6, 6.07) is 5.69. The van der Waals surface area contributed by atoms with Crippen molar-refractivity contribution in [2.24, 2.45) is 5.73 Å². The van der Waals surface area contributed by atoms with Crippen LogP contribution in [-0.4, -0.2) is 13.2 Å². The Balaban J connectivity index is 3.02. The Hall–Kier alpha value is -1.22. The average Bonchev–Trinajstić information content (AvgIpc) is 2.16. The lowest BCUT2D eigenvalue weighted by Crippen LogP contribution is -2.10. The van der Waals surface area contributed by atoms with Gasteiger partial charge in [0.15, 0.2) is 0 Å². The first-order valence-corrected chi connectivity index (χ1v) is 4.71. The SMILES string of the molecule is COc1cccc(OC(C)C)c1CN. The predicted molar refractivity (Wildman–Crippen MR) is 56.6 cm³/mol. The van der Waals surface area contributed by atoms with Gasteiger partial charge in [-0.1, -0.05) is 6.07 Å². The van der Waals surface area contributed by atoms with Crippen molar-refractivity contribution in [3.63, 3.8) is 0 Å². The molecule has 0 aliphatic heterocycles. The van der Waals surface area contributed by atoms with E-state index in [0.29, 0.717) is 6.54 Å². The summed E-state index contributed by atoms with van der Waals surface area (Å²) in [6.45, 7) is 4.39. The maximum Gasteiger partial charge on any atom is 0.127 e. The van der Waals surface area contributed by atoms with E-state index in [-0.39, 0.29) is 6.10 Å². The van der Waals surface area contributed by atoms with Crippen molar-refractivity contribution in [2.75, 3.05) is 7.11 Å². The van der Waals surface area contributed by atoms with Crippen molar-refractivity contribution in [3.05, 3.63) is 23.8 Å². The molecule has 0 fully saturated rings. The third-order valence-electron chi connectivity index (χ3n) is 1.88. The first kappa shape index (κ1) is 10.9. The van der Waals surface area contributed by atoms with Crippen molar-refractivity contribution >= 4 is 0 Å². The number of ether oxygens (including phenoxy) is 2. The molecule has 0 aliphatic rings. The minimum atomic E-state index is 0.146. The summed E-state index contributed by atoms with van der Waals surface area (Å²) in [5.74, 6) is 1.59. The number of rotatable bonds is 4. The quantitative estimate of drug-likeness (QED) is 0.798. The van der Waals surface area contributed by atoms with E-state index in [2.05, 4.69) is 0 Å². The third kappa shape index (κ3) is 2.39. The van der Waals surface area contributed by atoms with Crippen LogP contribution < -0.4 is 15.2 Å². The van der Waals surface area contributed by atoms with Gasteiger partial charge in [-0.25, -0.2) is 0 Å². The molecule has 0 aromatic heterocycles. The maximum absolute atomic E-state index is 5.64. The molecular formula is C11H17NO2. The Kier molecular flexibility index (Phi) is 3.77. The first-order chi connectivity index (χ1) is 6.69. The van der Waals surface area contributed by atoms with Crippen LogP contribution in [0.1, 0.15) is 19.4 Å². The molecule has 1 aromatic rings. The van der Waals surface area contributed by atoms with E-state index in [9.17, 15) is 0 Å². The van der Waals surface area contributed by atoms with Crippen molar-refractivity contribution in [3.8, 4) is 11.5 Å². The molecule has 0 saturated heterocycles. The monoisotopic (exact) mass is 195 g/mol.